The lowest BCUT2D eigenvalue weighted by Crippen LogP contribution is -2.43. The monoisotopic (exact) mass is 448 g/mol. The van der Waals surface area contributed by atoms with E-state index in [9.17, 15) is 4.79 Å². The van der Waals surface area contributed by atoms with Crippen molar-refractivity contribution in [3.05, 3.63) is 71.1 Å². The molecule has 0 N–H and O–H groups in total. The van der Waals surface area contributed by atoms with Gasteiger partial charge in [-0.1, -0.05) is 44.2 Å². The second-order valence-electron chi connectivity index (χ2n) is 9.40. The Kier molecular flexibility index (Phi) is 6.72. The first-order valence-electron chi connectivity index (χ1n) is 11.2. The van der Waals surface area contributed by atoms with Crippen LogP contribution in [0.2, 0.25) is 0 Å². The fourth-order valence-corrected chi connectivity index (χ4v) is 5.36. The summed E-state index contributed by atoms with van der Waals surface area (Å²) in [6.07, 6.45) is 5.47. The summed E-state index contributed by atoms with van der Waals surface area (Å²) in [4.78, 5) is 27.8. The van der Waals surface area contributed by atoms with Crippen LogP contribution in [0.3, 0.4) is 0 Å². The molecule has 1 saturated heterocycles. The quantitative estimate of drug-likeness (QED) is 0.518. The van der Waals surface area contributed by atoms with Gasteiger partial charge in [-0.15, -0.1) is 11.3 Å². The Hall–Kier alpha value is -2.57. The summed E-state index contributed by atoms with van der Waals surface area (Å²) < 4.78 is 0. The van der Waals surface area contributed by atoms with Crippen LogP contribution in [-0.4, -0.2) is 52.9 Å². The van der Waals surface area contributed by atoms with Gasteiger partial charge in [0.15, 0.2) is 0 Å². The minimum absolute atomic E-state index is 0.216. The zero-order chi connectivity index (χ0) is 22.7. The van der Waals surface area contributed by atoms with Crippen LogP contribution < -0.4 is 0 Å². The van der Waals surface area contributed by atoms with Crippen LogP contribution in [0.15, 0.2) is 54.2 Å². The molecule has 0 radical (unpaired) electrons. The number of aromatic nitrogens is 2. The van der Waals surface area contributed by atoms with Gasteiger partial charge in [0.25, 0.3) is 0 Å². The van der Waals surface area contributed by atoms with Crippen LogP contribution in [0.4, 0.5) is 0 Å². The standard InChI is InChI=1S/C26H32N4OS/c1-19(2)24-27-15-21(16-28-24)17-30-11-10-26(18-30,25(31)29(3)4)14-20-7-5-8-22(13-20)23-9-6-12-32-23/h5-9,12-13,15-16,19H,10-11,14,17-18H2,1-4H3/t26-/m0/s1. The zero-order valence-corrected chi connectivity index (χ0v) is 20.2. The van der Waals surface area contributed by atoms with E-state index in [-0.39, 0.29) is 5.91 Å². The number of likely N-dealkylation sites (tertiary alicyclic amines) is 1. The van der Waals surface area contributed by atoms with Gasteiger partial charge in [0.1, 0.15) is 5.82 Å². The van der Waals surface area contributed by atoms with Crippen LogP contribution >= 0.6 is 11.3 Å². The largest absolute Gasteiger partial charge is 0.348 e. The van der Waals surface area contributed by atoms with Gasteiger partial charge in [0.2, 0.25) is 5.91 Å². The second kappa shape index (κ2) is 9.51. The molecule has 1 fully saturated rings. The smallest absolute Gasteiger partial charge is 0.229 e. The van der Waals surface area contributed by atoms with Crippen LogP contribution in [0.1, 0.15) is 43.1 Å². The number of thiophene rings is 1. The highest BCUT2D eigenvalue weighted by Crippen LogP contribution is 2.37. The molecule has 5 nitrogen and oxygen atoms in total. The molecular weight excluding hydrogens is 416 g/mol. The Morgan fingerprint density at radius 3 is 2.59 bits per heavy atom. The first-order chi connectivity index (χ1) is 15.4. The van der Waals surface area contributed by atoms with Crippen molar-refractivity contribution in [2.75, 3.05) is 27.2 Å². The summed E-state index contributed by atoms with van der Waals surface area (Å²) in [5.41, 5.74) is 3.14. The van der Waals surface area contributed by atoms with Crippen molar-refractivity contribution in [2.45, 2.75) is 39.2 Å². The van der Waals surface area contributed by atoms with Gasteiger partial charge in [-0.25, -0.2) is 9.97 Å². The van der Waals surface area contributed by atoms with Crippen LogP contribution in [-0.2, 0) is 17.8 Å². The highest BCUT2D eigenvalue weighted by molar-refractivity contribution is 7.13. The number of benzene rings is 1. The van der Waals surface area contributed by atoms with E-state index in [1.54, 1.807) is 16.2 Å². The molecule has 3 aromatic rings. The molecule has 4 rings (SSSR count). The van der Waals surface area contributed by atoms with Crippen molar-refractivity contribution >= 4 is 17.2 Å². The molecule has 1 atom stereocenters. The highest BCUT2D eigenvalue weighted by atomic mass is 32.1. The SMILES string of the molecule is CC(C)c1ncc(CN2CC[C@@](Cc3cccc(-c4cccs4)c3)(C(=O)N(C)C)C2)cn1. The van der Waals surface area contributed by atoms with E-state index in [0.717, 1.165) is 43.9 Å². The Morgan fingerprint density at radius 2 is 1.94 bits per heavy atom. The van der Waals surface area contributed by atoms with Gasteiger partial charge >= 0.3 is 0 Å². The maximum Gasteiger partial charge on any atom is 0.229 e. The molecule has 0 unspecified atom stereocenters. The Morgan fingerprint density at radius 1 is 1.16 bits per heavy atom. The Balaban J connectivity index is 1.53. The summed E-state index contributed by atoms with van der Waals surface area (Å²) in [6.45, 7) is 6.62. The van der Waals surface area contributed by atoms with Crippen molar-refractivity contribution in [3.63, 3.8) is 0 Å². The predicted molar refractivity (Wildman–Crippen MR) is 131 cm³/mol. The van der Waals surface area contributed by atoms with E-state index in [2.05, 4.69) is 70.5 Å². The number of amides is 1. The number of hydrogen-bond donors (Lipinski definition) is 0. The van der Waals surface area contributed by atoms with Gasteiger partial charge in [-0.05, 0) is 42.0 Å². The van der Waals surface area contributed by atoms with Crippen molar-refractivity contribution in [3.8, 4) is 10.4 Å². The Bertz CT molecular complexity index is 1050. The van der Waals surface area contributed by atoms with E-state index in [1.165, 1.54) is 16.0 Å². The number of nitrogens with zero attached hydrogens (tertiary/aromatic N) is 4. The molecule has 32 heavy (non-hydrogen) atoms. The molecule has 0 aliphatic carbocycles. The van der Waals surface area contributed by atoms with Crippen molar-refractivity contribution < 1.29 is 4.79 Å². The normalized spacial score (nSPS) is 18.9. The molecule has 6 heteroatoms. The zero-order valence-electron chi connectivity index (χ0n) is 19.4. The molecule has 0 saturated carbocycles. The average Bonchev–Trinajstić information content (AvgIpc) is 3.45. The van der Waals surface area contributed by atoms with Crippen molar-refractivity contribution in [1.29, 1.82) is 0 Å². The maximum atomic E-state index is 13.4. The summed E-state index contributed by atoms with van der Waals surface area (Å²) in [5, 5.41) is 2.10. The summed E-state index contributed by atoms with van der Waals surface area (Å²) in [5.74, 6) is 1.41. The van der Waals surface area contributed by atoms with Crippen LogP contribution in [0, 0.1) is 5.41 Å². The first kappa shape index (κ1) is 22.6. The van der Waals surface area contributed by atoms with E-state index >= 15 is 0 Å². The molecule has 3 heterocycles. The lowest BCUT2D eigenvalue weighted by atomic mass is 9.79. The summed E-state index contributed by atoms with van der Waals surface area (Å²) >= 11 is 1.75. The minimum atomic E-state index is -0.406. The number of carbonyl (C=O) groups is 1. The number of carbonyl (C=O) groups excluding carboxylic acids is 1. The van der Waals surface area contributed by atoms with Crippen molar-refractivity contribution in [1.82, 2.24) is 19.8 Å². The highest BCUT2D eigenvalue weighted by Gasteiger charge is 2.45. The van der Waals surface area contributed by atoms with Crippen LogP contribution in [0.25, 0.3) is 10.4 Å². The van der Waals surface area contributed by atoms with Crippen LogP contribution in [0.5, 0.6) is 0 Å². The molecular formula is C26H32N4OS. The molecule has 0 spiro atoms. The molecule has 1 aliphatic rings. The molecule has 1 amide bonds. The molecule has 0 bridgehead atoms. The van der Waals surface area contributed by atoms with E-state index in [1.807, 2.05) is 26.5 Å². The van der Waals surface area contributed by atoms with Gasteiger partial charge in [0.05, 0.1) is 5.41 Å². The van der Waals surface area contributed by atoms with E-state index in [4.69, 9.17) is 0 Å². The fraction of sp³-hybridized carbons (Fsp3) is 0.423. The van der Waals surface area contributed by atoms with E-state index in [0.29, 0.717) is 5.92 Å². The second-order valence-corrected chi connectivity index (χ2v) is 10.3. The average molecular weight is 449 g/mol. The molecule has 1 aliphatic heterocycles. The topological polar surface area (TPSA) is 49.3 Å². The molecule has 2 aromatic heterocycles. The summed E-state index contributed by atoms with van der Waals surface area (Å²) in [7, 11) is 3.74. The Labute approximate surface area is 195 Å². The molecule has 1 aromatic carbocycles. The fourth-order valence-electron chi connectivity index (χ4n) is 4.63. The van der Waals surface area contributed by atoms with Crippen molar-refractivity contribution in [2.24, 2.45) is 5.41 Å². The summed E-state index contributed by atoms with van der Waals surface area (Å²) in [6, 6.07) is 12.9. The third kappa shape index (κ3) is 4.92. The third-order valence-electron chi connectivity index (χ3n) is 6.22. The number of hydrogen-bond acceptors (Lipinski definition) is 5. The minimum Gasteiger partial charge on any atom is -0.348 e. The van der Waals surface area contributed by atoms with Gasteiger partial charge < -0.3 is 4.90 Å². The van der Waals surface area contributed by atoms with Gasteiger partial charge in [-0.3, -0.25) is 9.69 Å². The van der Waals surface area contributed by atoms with E-state index < -0.39 is 5.41 Å². The third-order valence-corrected chi connectivity index (χ3v) is 7.13. The lowest BCUT2D eigenvalue weighted by Gasteiger charge is -2.31. The lowest BCUT2D eigenvalue weighted by molar-refractivity contribution is -0.138. The molecule has 168 valence electrons. The van der Waals surface area contributed by atoms with Gasteiger partial charge in [0, 0.05) is 55.9 Å². The van der Waals surface area contributed by atoms with Gasteiger partial charge in [-0.2, -0.15) is 0 Å². The predicted octanol–water partition coefficient (Wildman–Crippen LogP) is 4.85. The maximum absolute atomic E-state index is 13.4. The number of rotatable bonds is 7. The first-order valence-corrected chi connectivity index (χ1v) is 12.1.